The van der Waals surface area contributed by atoms with Crippen molar-refractivity contribution in [3.8, 4) is 0 Å². The van der Waals surface area contributed by atoms with Gasteiger partial charge in [-0.2, -0.15) is 4.29 Å². The molecule has 0 aromatic rings. The first kappa shape index (κ1) is 7.72. The molecule has 0 fully saturated rings. The molecule has 0 spiro atoms. The predicted octanol–water partition coefficient (Wildman–Crippen LogP) is -0.539. The van der Waals surface area contributed by atoms with Gasteiger partial charge >= 0.3 is 17.3 Å². The maximum absolute atomic E-state index is 10.3. The van der Waals surface area contributed by atoms with E-state index < -0.39 is 5.97 Å². The van der Waals surface area contributed by atoms with Gasteiger partial charge in [0.1, 0.15) is 0 Å². The standard InChI is InChI=1S/C4H7ClO3/c1-3(2)4(6)8-5-7/h3H,1-2H3. The molecule has 0 saturated carbocycles. The third-order valence-corrected chi connectivity index (χ3v) is 0.794. The molecule has 8 heavy (non-hydrogen) atoms. The fraction of sp³-hybridized carbons (Fsp3) is 0.750. The molecule has 0 aliphatic carbocycles. The highest BCUT2D eigenvalue weighted by atomic mass is 35.6. The van der Waals surface area contributed by atoms with Gasteiger partial charge in [0, 0.05) is 0 Å². The van der Waals surface area contributed by atoms with Crippen molar-refractivity contribution >= 4 is 5.97 Å². The molecule has 0 N–H and O–H groups in total. The summed E-state index contributed by atoms with van der Waals surface area (Å²) in [7, 11) is 0. The van der Waals surface area contributed by atoms with Gasteiger partial charge in [0.15, 0.2) is 0 Å². The van der Waals surface area contributed by atoms with E-state index in [1.54, 1.807) is 13.8 Å². The fourth-order valence-corrected chi connectivity index (χ4v) is 0.360. The van der Waals surface area contributed by atoms with E-state index in [1.165, 1.54) is 0 Å². The van der Waals surface area contributed by atoms with E-state index in [4.69, 9.17) is 0 Å². The smallest absolute Gasteiger partial charge is 0.396 e. The summed E-state index contributed by atoms with van der Waals surface area (Å²) in [6, 6.07) is 0. The summed E-state index contributed by atoms with van der Waals surface area (Å²) in [4.78, 5) is 10.3. The number of carbonyl (C=O) groups is 1. The lowest BCUT2D eigenvalue weighted by molar-refractivity contribution is -1.26. The Bertz CT molecular complexity index is 81.4. The molecule has 0 aliphatic heterocycles. The van der Waals surface area contributed by atoms with Gasteiger partial charge in [0.05, 0.1) is 5.92 Å². The zero-order valence-corrected chi connectivity index (χ0v) is 5.44. The molecule has 0 atom stereocenters. The van der Waals surface area contributed by atoms with Crippen molar-refractivity contribution in [2.75, 3.05) is 0 Å². The molecule has 0 bridgehead atoms. The topological polar surface area (TPSA) is 49.4 Å². The largest absolute Gasteiger partial charge is 0.495 e. The normalized spacial score (nSPS) is 9.50. The predicted molar refractivity (Wildman–Crippen MR) is 20.9 cm³/mol. The minimum atomic E-state index is -0.492. The number of rotatable bonds is 2. The van der Waals surface area contributed by atoms with Gasteiger partial charge in [-0.15, -0.1) is 0 Å². The van der Waals surface area contributed by atoms with E-state index in [1.807, 2.05) is 0 Å². The first-order chi connectivity index (χ1) is 3.68. The molecule has 0 aromatic carbocycles. The van der Waals surface area contributed by atoms with Gasteiger partial charge in [-0.25, -0.2) is 4.79 Å². The van der Waals surface area contributed by atoms with Crippen molar-refractivity contribution in [1.82, 2.24) is 0 Å². The molecule has 0 radical (unpaired) electrons. The van der Waals surface area contributed by atoms with Gasteiger partial charge < -0.3 is 4.66 Å². The van der Waals surface area contributed by atoms with Crippen LogP contribution in [-0.2, 0) is 9.08 Å². The SMILES string of the molecule is CC(C)C(=O)O[Cl+][O-]. The molecular weight excluding hydrogens is 131 g/mol. The van der Waals surface area contributed by atoms with Crippen molar-refractivity contribution in [2.45, 2.75) is 13.8 Å². The lowest BCUT2D eigenvalue weighted by atomic mass is 10.2. The van der Waals surface area contributed by atoms with Crippen LogP contribution in [-0.4, -0.2) is 5.97 Å². The lowest BCUT2D eigenvalue weighted by Crippen LogP contribution is -2.15. The zero-order valence-electron chi connectivity index (χ0n) is 4.68. The fourth-order valence-electron chi connectivity index (χ4n) is 0.120. The van der Waals surface area contributed by atoms with Crippen LogP contribution in [0.1, 0.15) is 13.8 Å². The summed E-state index contributed by atoms with van der Waals surface area (Å²) in [5.74, 6) is -0.718. The molecule has 4 heteroatoms. The molecular formula is C4H7ClO3. The van der Waals surface area contributed by atoms with E-state index in [0.29, 0.717) is 0 Å². The lowest BCUT2D eigenvalue weighted by Gasteiger charge is -1.92. The average Bonchev–Trinajstić information content (AvgIpc) is 1.67. The average molecular weight is 139 g/mol. The van der Waals surface area contributed by atoms with Gasteiger partial charge in [-0.3, -0.25) is 0 Å². The van der Waals surface area contributed by atoms with Gasteiger partial charge in [0.2, 0.25) is 0 Å². The van der Waals surface area contributed by atoms with Crippen LogP contribution < -0.4 is 4.66 Å². The van der Waals surface area contributed by atoms with Crippen molar-refractivity contribution in [3.63, 3.8) is 0 Å². The number of carbonyl (C=O) groups excluding carboxylic acids is 1. The molecule has 48 valence electrons. The van der Waals surface area contributed by atoms with Gasteiger partial charge in [-0.05, 0) is 0 Å². The van der Waals surface area contributed by atoms with Crippen LogP contribution in [0.3, 0.4) is 0 Å². The second kappa shape index (κ2) is 3.69. The molecule has 3 nitrogen and oxygen atoms in total. The third-order valence-electron chi connectivity index (χ3n) is 0.579. The molecule has 0 aliphatic rings. The molecule has 0 aromatic heterocycles. The van der Waals surface area contributed by atoms with Gasteiger partial charge in [-0.1, -0.05) is 13.8 Å². The van der Waals surface area contributed by atoms with Crippen LogP contribution in [0.4, 0.5) is 0 Å². The summed E-state index contributed by atoms with van der Waals surface area (Å²) in [6.45, 7) is 3.31. The van der Waals surface area contributed by atoms with Crippen molar-refractivity contribution in [2.24, 2.45) is 5.92 Å². The summed E-state index contributed by atoms with van der Waals surface area (Å²) in [5, 5.41) is 0. The van der Waals surface area contributed by atoms with Crippen LogP contribution in [0.2, 0.25) is 0 Å². The second-order valence-electron chi connectivity index (χ2n) is 1.61. The Balaban J connectivity index is 3.33. The number of hydrogen-bond donors (Lipinski definition) is 0. The maximum atomic E-state index is 10.3. The summed E-state index contributed by atoms with van der Waals surface area (Å²) < 4.78 is 13.4. The molecule has 0 saturated heterocycles. The maximum Gasteiger partial charge on any atom is 0.396 e. The first-order valence-electron chi connectivity index (χ1n) is 2.16. The molecule has 0 amide bonds. The number of hydrogen-bond acceptors (Lipinski definition) is 3. The monoisotopic (exact) mass is 138 g/mol. The Kier molecular flexibility index (Phi) is 3.56. The highest BCUT2D eigenvalue weighted by molar-refractivity contribution is 5.70. The van der Waals surface area contributed by atoms with E-state index >= 15 is 0 Å². The summed E-state index contributed by atoms with van der Waals surface area (Å²) >= 11 is 0.242. The molecule has 0 unspecified atom stereocenters. The Hall–Kier alpha value is -0.280. The minimum Gasteiger partial charge on any atom is -0.495 e. The Morgan fingerprint density at radius 3 is 2.38 bits per heavy atom. The third kappa shape index (κ3) is 2.82. The van der Waals surface area contributed by atoms with E-state index in [-0.39, 0.29) is 17.2 Å². The number of halogens is 1. The molecule has 0 heterocycles. The Morgan fingerprint density at radius 2 is 2.25 bits per heavy atom. The minimum absolute atomic E-state index is 0.226. The highest BCUT2D eigenvalue weighted by Gasteiger charge is 2.12. The van der Waals surface area contributed by atoms with Crippen molar-refractivity contribution in [3.05, 3.63) is 0 Å². The second-order valence-corrected chi connectivity index (χ2v) is 1.89. The van der Waals surface area contributed by atoms with E-state index in [9.17, 15) is 9.45 Å². The van der Waals surface area contributed by atoms with Crippen LogP contribution in [0.25, 0.3) is 0 Å². The van der Waals surface area contributed by atoms with Crippen LogP contribution in [0.15, 0.2) is 0 Å². The first-order valence-corrected chi connectivity index (χ1v) is 2.78. The zero-order chi connectivity index (χ0) is 6.57. The molecule has 0 rings (SSSR count). The summed E-state index contributed by atoms with van der Waals surface area (Å²) in [6.07, 6.45) is 0. The Labute approximate surface area is 51.7 Å². The van der Waals surface area contributed by atoms with E-state index in [2.05, 4.69) is 4.29 Å². The summed E-state index contributed by atoms with van der Waals surface area (Å²) in [5.41, 5.74) is 0. The Morgan fingerprint density at radius 1 is 1.75 bits per heavy atom. The van der Waals surface area contributed by atoms with Crippen molar-refractivity contribution < 1.29 is 25.1 Å². The van der Waals surface area contributed by atoms with Crippen LogP contribution in [0, 0.1) is 17.2 Å². The highest BCUT2D eigenvalue weighted by Crippen LogP contribution is 1.93. The van der Waals surface area contributed by atoms with E-state index in [0.717, 1.165) is 0 Å². The van der Waals surface area contributed by atoms with Gasteiger partial charge in [0.25, 0.3) is 0 Å². The van der Waals surface area contributed by atoms with Crippen LogP contribution in [0.5, 0.6) is 0 Å². The quantitative estimate of drug-likeness (QED) is 0.515. The van der Waals surface area contributed by atoms with Crippen molar-refractivity contribution in [1.29, 1.82) is 0 Å². The van der Waals surface area contributed by atoms with Crippen LogP contribution >= 0.6 is 0 Å².